The number of carbonyl (C=O) groups is 1. The highest BCUT2D eigenvalue weighted by Gasteiger charge is 2.22. The Bertz CT molecular complexity index is 605. The first-order valence-corrected chi connectivity index (χ1v) is 7.32. The fourth-order valence-electron chi connectivity index (χ4n) is 2.95. The summed E-state index contributed by atoms with van der Waals surface area (Å²) in [6.45, 7) is 3.19. The molecule has 0 bridgehead atoms. The van der Waals surface area contributed by atoms with Crippen molar-refractivity contribution in [3.63, 3.8) is 0 Å². The van der Waals surface area contributed by atoms with Crippen molar-refractivity contribution in [1.82, 2.24) is 15.6 Å². The van der Waals surface area contributed by atoms with E-state index >= 15 is 0 Å². The number of carbonyl (C=O) groups excluding carboxylic acids is 1. The number of amides is 1. The molecule has 20 heavy (non-hydrogen) atoms. The fourth-order valence-corrected chi connectivity index (χ4v) is 2.95. The first-order valence-electron chi connectivity index (χ1n) is 7.32. The molecule has 0 aliphatic carbocycles. The third-order valence-corrected chi connectivity index (χ3v) is 4.13. The van der Waals surface area contributed by atoms with E-state index in [-0.39, 0.29) is 11.9 Å². The van der Waals surface area contributed by atoms with Gasteiger partial charge in [0.2, 0.25) is 5.91 Å². The Hall–Kier alpha value is -1.81. The van der Waals surface area contributed by atoms with Crippen LogP contribution in [0.4, 0.5) is 0 Å². The van der Waals surface area contributed by atoms with Gasteiger partial charge in [-0.15, -0.1) is 0 Å². The fraction of sp³-hybridized carbons (Fsp3) is 0.438. The van der Waals surface area contributed by atoms with Crippen LogP contribution in [0, 0.1) is 0 Å². The van der Waals surface area contributed by atoms with Crippen LogP contribution in [0.15, 0.2) is 30.5 Å². The lowest BCUT2D eigenvalue weighted by molar-refractivity contribution is -0.121. The average Bonchev–Trinajstić information content (AvgIpc) is 2.85. The van der Waals surface area contributed by atoms with E-state index in [1.54, 1.807) is 0 Å². The van der Waals surface area contributed by atoms with Gasteiger partial charge in [-0.2, -0.15) is 0 Å². The van der Waals surface area contributed by atoms with E-state index in [2.05, 4.69) is 28.6 Å². The Morgan fingerprint density at radius 2 is 2.25 bits per heavy atom. The molecular formula is C16H21N3O. The Morgan fingerprint density at radius 1 is 1.40 bits per heavy atom. The van der Waals surface area contributed by atoms with Crippen molar-refractivity contribution in [2.24, 2.45) is 0 Å². The second-order valence-corrected chi connectivity index (χ2v) is 5.60. The van der Waals surface area contributed by atoms with Gasteiger partial charge in [0.05, 0.1) is 6.42 Å². The highest BCUT2D eigenvalue weighted by atomic mass is 16.1. The number of para-hydroxylation sites is 1. The van der Waals surface area contributed by atoms with Crippen molar-refractivity contribution >= 4 is 16.8 Å². The first-order chi connectivity index (χ1) is 9.74. The summed E-state index contributed by atoms with van der Waals surface area (Å²) in [6, 6.07) is 8.70. The predicted molar refractivity (Wildman–Crippen MR) is 80.6 cm³/mol. The summed E-state index contributed by atoms with van der Waals surface area (Å²) in [4.78, 5) is 15.4. The van der Waals surface area contributed by atoms with Crippen molar-refractivity contribution in [2.75, 3.05) is 6.54 Å². The number of piperidine rings is 1. The second-order valence-electron chi connectivity index (χ2n) is 5.60. The number of aromatic amines is 1. The molecule has 1 aliphatic heterocycles. The predicted octanol–water partition coefficient (Wildman–Crippen LogP) is 1.97. The normalized spacial score (nSPS) is 22.9. The number of hydrogen-bond acceptors (Lipinski definition) is 2. The largest absolute Gasteiger partial charge is 0.361 e. The smallest absolute Gasteiger partial charge is 0.224 e. The van der Waals surface area contributed by atoms with Crippen LogP contribution in [-0.2, 0) is 11.2 Å². The lowest BCUT2D eigenvalue weighted by Crippen LogP contribution is -2.52. The van der Waals surface area contributed by atoms with E-state index in [1.807, 2.05) is 24.4 Å². The zero-order valence-electron chi connectivity index (χ0n) is 11.8. The summed E-state index contributed by atoms with van der Waals surface area (Å²) in [5.74, 6) is 0.107. The van der Waals surface area contributed by atoms with Gasteiger partial charge in [-0.3, -0.25) is 4.79 Å². The Morgan fingerprint density at radius 3 is 3.10 bits per heavy atom. The zero-order valence-corrected chi connectivity index (χ0v) is 11.8. The Labute approximate surface area is 118 Å². The van der Waals surface area contributed by atoms with Gasteiger partial charge < -0.3 is 15.6 Å². The van der Waals surface area contributed by atoms with Crippen molar-refractivity contribution in [3.05, 3.63) is 36.0 Å². The summed E-state index contributed by atoms with van der Waals surface area (Å²) >= 11 is 0. The minimum Gasteiger partial charge on any atom is -0.361 e. The van der Waals surface area contributed by atoms with Crippen LogP contribution >= 0.6 is 0 Å². The molecule has 0 saturated carbocycles. The average molecular weight is 271 g/mol. The molecule has 2 atom stereocenters. The van der Waals surface area contributed by atoms with E-state index < -0.39 is 0 Å². The van der Waals surface area contributed by atoms with Gasteiger partial charge in [0.1, 0.15) is 0 Å². The topological polar surface area (TPSA) is 56.9 Å². The molecule has 4 nitrogen and oxygen atoms in total. The van der Waals surface area contributed by atoms with Crippen LogP contribution in [0.3, 0.4) is 0 Å². The number of H-pyrrole nitrogens is 1. The van der Waals surface area contributed by atoms with E-state index in [4.69, 9.17) is 0 Å². The maximum Gasteiger partial charge on any atom is 0.224 e. The molecule has 1 aromatic heterocycles. The summed E-state index contributed by atoms with van der Waals surface area (Å²) < 4.78 is 0. The molecule has 3 N–H and O–H groups in total. The third kappa shape index (κ3) is 2.70. The zero-order chi connectivity index (χ0) is 13.9. The molecular weight excluding hydrogens is 250 g/mol. The minimum atomic E-state index is 0.107. The van der Waals surface area contributed by atoms with E-state index in [1.165, 1.54) is 0 Å². The molecule has 1 aromatic carbocycles. The molecule has 106 valence electrons. The number of benzene rings is 1. The minimum absolute atomic E-state index is 0.107. The van der Waals surface area contributed by atoms with Crippen molar-refractivity contribution in [3.8, 4) is 0 Å². The van der Waals surface area contributed by atoms with Gasteiger partial charge in [-0.1, -0.05) is 18.2 Å². The van der Waals surface area contributed by atoms with Gasteiger partial charge in [-0.05, 0) is 37.9 Å². The molecule has 1 aliphatic rings. The van der Waals surface area contributed by atoms with Crippen LogP contribution in [0.2, 0.25) is 0 Å². The summed E-state index contributed by atoms with van der Waals surface area (Å²) in [7, 11) is 0. The van der Waals surface area contributed by atoms with Gasteiger partial charge in [0.25, 0.3) is 0 Å². The second kappa shape index (κ2) is 5.67. The molecule has 1 saturated heterocycles. The molecule has 0 spiro atoms. The van der Waals surface area contributed by atoms with Gasteiger partial charge in [0, 0.05) is 29.2 Å². The highest BCUT2D eigenvalue weighted by Crippen LogP contribution is 2.18. The number of hydrogen-bond donors (Lipinski definition) is 3. The van der Waals surface area contributed by atoms with Crippen LogP contribution in [0.25, 0.3) is 10.9 Å². The summed E-state index contributed by atoms with van der Waals surface area (Å²) in [5.41, 5.74) is 2.15. The van der Waals surface area contributed by atoms with Crippen LogP contribution < -0.4 is 10.6 Å². The summed E-state index contributed by atoms with van der Waals surface area (Å²) in [6.07, 6.45) is 4.57. The number of rotatable bonds is 3. The number of nitrogens with one attached hydrogen (secondary N) is 3. The first kappa shape index (κ1) is 13.2. The van der Waals surface area contributed by atoms with Crippen LogP contribution in [-0.4, -0.2) is 29.5 Å². The Kier molecular flexibility index (Phi) is 3.74. The molecule has 1 amide bonds. The van der Waals surface area contributed by atoms with E-state index in [9.17, 15) is 4.79 Å². The van der Waals surface area contributed by atoms with Gasteiger partial charge in [-0.25, -0.2) is 0 Å². The van der Waals surface area contributed by atoms with E-state index in [0.717, 1.165) is 35.9 Å². The number of aromatic nitrogens is 1. The lowest BCUT2D eigenvalue weighted by atomic mass is 9.99. The molecule has 1 fully saturated rings. The van der Waals surface area contributed by atoms with Crippen LogP contribution in [0.1, 0.15) is 25.3 Å². The molecule has 2 aromatic rings. The number of fused-ring (bicyclic) bond motifs is 1. The SMILES string of the molecule is CC1NCCCC1NC(=O)Cc1c[nH]c2ccccc12. The van der Waals surface area contributed by atoms with Crippen molar-refractivity contribution in [2.45, 2.75) is 38.3 Å². The third-order valence-electron chi connectivity index (χ3n) is 4.13. The molecule has 4 heteroatoms. The Balaban J connectivity index is 1.66. The van der Waals surface area contributed by atoms with Crippen LogP contribution in [0.5, 0.6) is 0 Å². The highest BCUT2D eigenvalue weighted by molar-refractivity contribution is 5.88. The van der Waals surface area contributed by atoms with Crippen molar-refractivity contribution < 1.29 is 4.79 Å². The lowest BCUT2D eigenvalue weighted by Gasteiger charge is -2.30. The summed E-state index contributed by atoms with van der Waals surface area (Å²) in [5, 5.41) is 7.70. The molecule has 2 unspecified atom stereocenters. The molecule has 0 radical (unpaired) electrons. The molecule has 2 heterocycles. The quantitative estimate of drug-likeness (QED) is 0.799. The van der Waals surface area contributed by atoms with E-state index in [0.29, 0.717) is 12.5 Å². The van der Waals surface area contributed by atoms with Gasteiger partial charge >= 0.3 is 0 Å². The molecule has 3 rings (SSSR count). The van der Waals surface area contributed by atoms with Crippen molar-refractivity contribution in [1.29, 1.82) is 0 Å². The van der Waals surface area contributed by atoms with Gasteiger partial charge in [0.15, 0.2) is 0 Å². The maximum absolute atomic E-state index is 12.2. The monoisotopic (exact) mass is 271 g/mol. The standard InChI is InChI=1S/C16H21N3O/c1-11-14(7-4-8-17-11)19-16(20)9-12-10-18-15-6-3-2-5-13(12)15/h2-3,5-6,10-11,14,17-18H,4,7-9H2,1H3,(H,19,20). The maximum atomic E-state index is 12.2.